The summed E-state index contributed by atoms with van der Waals surface area (Å²) in [6.07, 6.45) is -4.90. The Morgan fingerprint density at radius 1 is 1.13 bits per heavy atom. The molecule has 0 bridgehead atoms. The molecule has 1 heterocycles. The van der Waals surface area contributed by atoms with E-state index >= 15 is 0 Å². The first-order chi connectivity index (χ1) is 14.7. The minimum atomic E-state index is -4.65. The lowest BCUT2D eigenvalue weighted by atomic mass is 10.1. The Morgan fingerprint density at radius 2 is 1.81 bits per heavy atom. The van der Waals surface area contributed by atoms with E-state index in [1.54, 1.807) is 24.3 Å². The Morgan fingerprint density at radius 3 is 2.55 bits per heavy atom. The van der Waals surface area contributed by atoms with Crippen LogP contribution in [0.25, 0.3) is 10.9 Å². The monoisotopic (exact) mass is 433 g/mol. The van der Waals surface area contributed by atoms with Crippen molar-refractivity contribution in [2.75, 3.05) is 5.32 Å². The number of anilines is 1. The highest BCUT2D eigenvalue weighted by Gasteiger charge is 2.34. The molecular formula is C21H18F3N3O4. The van der Waals surface area contributed by atoms with Crippen LogP contribution in [-0.4, -0.2) is 27.5 Å². The predicted molar refractivity (Wildman–Crippen MR) is 106 cm³/mol. The SMILES string of the molecule is CC(OC(=O)CCn1cnc2ccccc2c1=O)C(=O)Nc1ccccc1C(F)(F)F. The summed E-state index contributed by atoms with van der Waals surface area (Å²) in [5.41, 5.74) is -1.24. The van der Waals surface area contributed by atoms with E-state index in [-0.39, 0.29) is 18.5 Å². The topological polar surface area (TPSA) is 90.3 Å². The van der Waals surface area contributed by atoms with Crippen LogP contribution in [0.1, 0.15) is 18.9 Å². The molecule has 0 aliphatic carbocycles. The highest BCUT2D eigenvalue weighted by atomic mass is 19.4. The lowest BCUT2D eigenvalue weighted by Crippen LogP contribution is -2.31. The second-order valence-corrected chi connectivity index (χ2v) is 6.67. The summed E-state index contributed by atoms with van der Waals surface area (Å²) < 4.78 is 45.3. The molecule has 0 saturated heterocycles. The van der Waals surface area contributed by atoms with Gasteiger partial charge in [0, 0.05) is 6.54 Å². The Hall–Kier alpha value is -3.69. The first kappa shape index (κ1) is 22.0. The number of hydrogen-bond acceptors (Lipinski definition) is 5. The summed E-state index contributed by atoms with van der Waals surface area (Å²) in [6, 6.07) is 11.2. The number of nitrogens with zero attached hydrogens (tertiary/aromatic N) is 2. The largest absolute Gasteiger partial charge is 0.452 e. The number of carbonyl (C=O) groups excluding carboxylic acids is 2. The molecule has 0 saturated carbocycles. The number of carbonyl (C=O) groups is 2. The van der Waals surface area contributed by atoms with Crippen molar-refractivity contribution in [3.05, 3.63) is 70.8 Å². The van der Waals surface area contributed by atoms with Gasteiger partial charge in [-0.2, -0.15) is 13.2 Å². The number of amides is 1. The number of fused-ring (bicyclic) bond motifs is 1. The summed E-state index contributed by atoms with van der Waals surface area (Å²) >= 11 is 0. The van der Waals surface area contributed by atoms with Crippen molar-refractivity contribution >= 4 is 28.5 Å². The Bertz CT molecular complexity index is 1170. The number of rotatable bonds is 6. The molecule has 1 aromatic heterocycles. The highest BCUT2D eigenvalue weighted by Crippen LogP contribution is 2.34. The average Bonchev–Trinajstić information content (AvgIpc) is 2.73. The number of benzene rings is 2. The maximum Gasteiger partial charge on any atom is 0.418 e. The predicted octanol–water partition coefficient (Wildman–Crippen LogP) is 3.38. The van der Waals surface area contributed by atoms with Gasteiger partial charge in [-0.25, -0.2) is 4.98 Å². The molecule has 1 N–H and O–H groups in total. The van der Waals surface area contributed by atoms with Crippen molar-refractivity contribution in [2.45, 2.75) is 32.2 Å². The van der Waals surface area contributed by atoms with Gasteiger partial charge in [-0.15, -0.1) is 0 Å². The Balaban J connectivity index is 1.59. The third-order valence-corrected chi connectivity index (χ3v) is 4.46. The number of ether oxygens (including phenoxy) is 1. The molecular weight excluding hydrogens is 415 g/mol. The van der Waals surface area contributed by atoms with E-state index in [0.717, 1.165) is 12.1 Å². The zero-order valence-electron chi connectivity index (χ0n) is 16.3. The van der Waals surface area contributed by atoms with Crippen LogP contribution in [0.4, 0.5) is 18.9 Å². The molecule has 3 aromatic rings. The van der Waals surface area contributed by atoms with Gasteiger partial charge in [0.15, 0.2) is 6.10 Å². The molecule has 3 rings (SSSR count). The smallest absolute Gasteiger partial charge is 0.418 e. The highest BCUT2D eigenvalue weighted by molar-refractivity contribution is 5.95. The molecule has 10 heteroatoms. The van der Waals surface area contributed by atoms with Gasteiger partial charge in [0.05, 0.1) is 34.9 Å². The number of nitrogens with one attached hydrogen (secondary N) is 1. The van der Waals surface area contributed by atoms with Gasteiger partial charge in [-0.1, -0.05) is 24.3 Å². The van der Waals surface area contributed by atoms with Crippen molar-refractivity contribution in [1.82, 2.24) is 9.55 Å². The fraction of sp³-hybridized carbons (Fsp3) is 0.238. The van der Waals surface area contributed by atoms with Gasteiger partial charge in [0.2, 0.25) is 0 Å². The lowest BCUT2D eigenvalue weighted by molar-refractivity contribution is -0.153. The van der Waals surface area contributed by atoms with Crippen molar-refractivity contribution in [3.63, 3.8) is 0 Å². The Labute approximate surface area is 174 Å². The standard InChI is InChI=1S/C21H18F3N3O4/c1-13(19(29)26-17-9-5-3-7-15(17)21(22,23)24)31-18(28)10-11-27-12-25-16-8-4-2-6-14(16)20(27)30/h2-9,12-13H,10-11H2,1H3,(H,26,29). The molecule has 162 valence electrons. The summed E-state index contributed by atoms with van der Waals surface area (Å²) in [6.45, 7) is 1.22. The minimum absolute atomic E-state index is 0.0270. The van der Waals surface area contributed by atoms with E-state index in [0.29, 0.717) is 10.9 Å². The first-order valence-electron chi connectivity index (χ1n) is 9.27. The number of aromatic nitrogens is 2. The molecule has 1 unspecified atom stereocenters. The van der Waals surface area contributed by atoms with E-state index in [1.165, 1.54) is 30.0 Å². The van der Waals surface area contributed by atoms with Crippen LogP contribution in [0.2, 0.25) is 0 Å². The van der Waals surface area contributed by atoms with Crippen LogP contribution in [-0.2, 0) is 27.0 Å². The molecule has 1 atom stereocenters. The number of esters is 1. The third kappa shape index (κ3) is 5.27. The van der Waals surface area contributed by atoms with Gasteiger partial charge in [0.25, 0.3) is 11.5 Å². The van der Waals surface area contributed by atoms with Crippen molar-refractivity contribution in [3.8, 4) is 0 Å². The molecule has 2 aromatic carbocycles. The zero-order valence-corrected chi connectivity index (χ0v) is 16.3. The van der Waals surface area contributed by atoms with E-state index in [4.69, 9.17) is 4.74 Å². The molecule has 0 aliphatic heterocycles. The second kappa shape index (κ2) is 8.99. The first-order valence-corrected chi connectivity index (χ1v) is 9.27. The number of para-hydroxylation sites is 2. The fourth-order valence-electron chi connectivity index (χ4n) is 2.86. The molecule has 0 spiro atoms. The van der Waals surface area contributed by atoms with Gasteiger partial charge < -0.3 is 10.1 Å². The third-order valence-electron chi connectivity index (χ3n) is 4.46. The van der Waals surface area contributed by atoms with E-state index in [1.807, 2.05) is 0 Å². The van der Waals surface area contributed by atoms with Crippen LogP contribution in [0.5, 0.6) is 0 Å². The second-order valence-electron chi connectivity index (χ2n) is 6.67. The molecule has 0 fully saturated rings. The molecule has 7 nitrogen and oxygen atoms in total. The lowest BCUT2D eigenvalue weighted by Gasteiger charge is -2.17. The maximum atomic E-state index is 13.0. The van der Waals surface area contributed by atoms with E-state index < -0.39 is 35.4 Å². The molecule has 0 aliphatic rings. The van der Waals surface area contributed by atoms with E-state index in [2.05, 4.69) is 10.3 Å². The molecule has 0 radical (unpaired) electrons. The summed E-state index contributed by atoms with van der Waals surface area (Å²) in [5, 5.41) is 2.52. The van der Waals surface area contributed by atoms with Gasteiger partial charge in [-0.3, -0.25) is 19.0 Å². The Kier molecular flexibility index (Phi) is 6.38. The van der Waals surface area contributed by atoms with Gasteiger partial charge >= 0.3 is 12.1 Å². The summed E-state index contributed by atoms with van der Waals surface area (Å²) in [7, 11) is 0. The molecule has 31 heavy (non-hydrogen) atoms. The number of halogens is 3. The van der Waals surface area contributed by atoms with Crippen LogP contribution in [0.15, 0.2) is 59.7 Å². The number of alkyl halides is 3. The van der Waals surface area contributed by atoms with Crippen LogP contribution >= 0.6 is 0 Å². The van der Waals surface area contributed by atoms with Gasteiger partial charge in [0.1, 0.15) is 0 Å². The van der Waals surface area contributed by atoms with Crippen molar-refractivity contribution in [2.24, 2.45) is 0 Å². The average molecular weight is 433 g/mol. The number of hydrogen-bond donors (Lipinski definition) is 1. The summed E-state index contributed by atoms with van der Waals surface area (Å²) in [5.74, 6) is -1.69. The van der Waals surface area contributed by atoms with Crippen LogP contribution < -0.4 is 10.9 Å². The normalized spacial score (nSPS) is 12.4. The maximum absolute atomic E-state index is 13.0. The minimum Gasteiger partial charge on any atom is -0.452 e. The fourth-order valence-corrected chi connectivity index (χ4v) is 2.86. The quantitative estimate of drug-likeness (QED) is 0.602. The van der Waals surface area contributed by atoms with Crippen molar-refractivity contribution in [1.29, 1.82) is 0 Å². The zero-order chi connectivity index (χ0) is 22.6. The van der Waals surface area contributed by atoms with Crippen molar-refractivity contribution < 1.29 is 27.5 Å². The van der Waals surface area contributed by atoms with Gasteiger partial charge in [-0.05, 0) is 31.2 Å². The van der Waals surface area contributed by atoms with E-state index in [9.17, 15) is 27.6 Å². The summed E-state index contributed by atoms with van der Waals surface area (Å²) in [4.78, 5) is 40.8. The number of aryl methyl sites for hydroxylation is 1. The van der Waals surface area contributed by atoms with Crippen LogP contribution in [0.3, 0.4) is 0 Å². The van der Waals surface area contributed by atoms with Crippen LogP contribution in [0, 0.1) is 0 Å². The molecule has 1 amide bonds.